The predicted molar refractivity (Wildman–Crippen MR) is 120 cm³/mol. The van der Waals surface area contributed by atoms with Gasteiger partial charge in [-0.15, -0.1) is 0 Å². The maximum Gasteiger partial charge on any atom is 0.253 e. The van der Waals surface area contributed by atoms with Gasteiger partial charge in [-0.25, -0.2) is 0 Å². The van der Waals surface area contributed by atoms with Gasteiger partial charge < -0.3 is 9.64 Å². The van der Waals surface area contributed by atoms with E-state index in [4.69, 9.17) is 4.74 Å². The molecule has 2 aliphatic heterocycles. The van der Waals surface area contributed by atoms with Gasteiger partial charge in [0.05, 0.1) is 12.7 Å². The third-order valence-electron chi connectivity index (χ3n) is 6.17. The molecule has 160 valence electrons. The van der Waals surface area contributed by atoms with Crippen LogP contribution in [0.4, 0.5) is 0 Å². The van der Waals surface area contributed by atoms with Crippen molar-refractivity contribution in [1.29, 1.82) is 0 Å². The minimum Gasteiger partial charge on any atom is -0.374 e. The van der Waals surface area contributed by atoms with E-state index in [1.165, 1.54) is 16.7 Å². The van der Waals surface area contributed by atoms with E-state index >= 15 is 0 Å². The number of rotatable bonds is 5. The van der Waals surface area contributed by atoms with Crippen molar-refractivity contribution < 1.29 is 9.53 Å². The number of benzene rings is 2. The molecular formula is C25H33N3O2. The molecular weight excluding hydrogens is 374 g/mol. The number of ether oxygens (including phenoxy) is 1. The van der Waals surface area contributed by atoms with Crippen molar-refractivity contribution >= 4 is 5.91 Å². The van der Waals surface area contributed by atoms with Gasteiger partial charge in [-0.3, -0.25) is 14.6 Å². The van der Waals surface area contributed by atoms with Crippen molar-refractivity contribution in [3.05, 3.63) is 70.8 Å². The summed E-state index contributed by atoms with van der Waals surface area (Å²) in [4.78, 5) is 19.6. The largest absolute Gasteiger partial charge is 0.374 e. The maximum absolute atomic E-state index is 12.7. The average molecular weight is 408 g/mol. The molecule has 2 aromatic rings. The number of amides is 1. The minimum absolute atomic E-state index is 0.146. The summed E-state index contributed by atoms with van der Waals surface area (Å²) in [5.74, 6) is 0.146. The minimum atomic E-state index is 0.146. The van der Waals surface area contributed by atoms with E-state index in [-0.39, 0.29) is 12.0 Å². The fourth-order valence-corrected chi connectivity index (χ4v) is 4.29. The number of morpholine rings is 1. The number of hydrogen-bond acceptors (Lipinski definition) is 4. The fourth-order valence-electron chi connectivity index (χ4n) is 4.29. The lowest BCUT2D eigenvalue weighted by atomic mass is 10.1. The Balaban J connectivity index is 1.24. The van der Waals surface area contributed by atoms with Crippen LogP contribution in [0.25, 0.3) is 0 Å². The lowest BCUT2D eigenvalue weighted by Gasteiger charge is -2.39. The molecule has 0 aromatic heterocycles. The second-order valence-corrected chi connectivity index (χ2v) is 8.67. The first-order chi connectivity index (χ1) is 14.6. The molecule has 1 amide bonds. The topological polar surface area (TPSA) is 36.0 Å². The Morgan fingerprint density at radius 2 is 1.50 bits per heavy atom. The molecule has 2 aliphatic rings. The van der Waals surface area contributed by atoms with E-state index < -0.39 is 0 Å². The standard InChI is InChI=1S/C25H33N3O2/c1-20-3-7-22(8-4-20)17-27-15-16-30-24(19-27)18-26-11-13-28(14-12-26)25(29)23-9-5-21(2)6-10-23/h3-10,24H,11-19H2,1-2H3. The van der Waals surface area contributed by atoms with Gasteiger partial charge in [0, 0.05) is 57.9 Å². The van der Waals surface area contributed by atoms with E-state index in [1.54, 1.807) is 0 Å². The van der Waals surface area contributed by atoms with E-state index in [0.717, 1.165) is 64.5 Å². The van der Waals surface area contributed by atoms with Gasteiger partial charge in [0.25, 0.3) is 5.91 Å². The van der Waals surface area contributed by atoms with Crippen molar-refractivity contribution in [2.75, 3.05) is 52.4 Å². The maximum atomic E-state index is 12.7. The summed E-state index contributed by atoms with van der Waals surface area (Å²) >= 11 is 0. The van der Waals surface area contributed by atoms with Gasteiger partial charge in [0.15, 0.2) is 0 Å². The Hall–Kier alpha value is -2.21. The fraction of sp³-hybridized carbons (Fsp3) is 0.480. The molecule has 2 saturated heterocycles. The Morgan fingerprint density at radius 3 is 2.17 bits per heavy atom. The third-order valence-corrected chi connectivity index (χ3v) is 6.17. The number of carbonyl (C=O) groups is 1. The van der Waals surface area contributed by atoms with E-state index in [0.29, 0.717) is 0 Å². The number of hydrogen-bond donors (Lipinski definition) is 0. The van der Waals surface area contributed by atoms with Crippen LogP contribution < -0.4 is 0 Å². The summed E-state index contributed by atoms with van der Waals surface area (Å²) in [5, 5.41) is 0. The summed E-state index contributed by atoms with van der Waals surface area (Å²) < 4.78 is 6.06. The van der Waals surface area contributed by atoms with Crippen LogP contribution >= 0.6 is 0 Å². The quantitative estimate of drug-likeness (QED) is 0.764. The van der Waals surface area contributed by atoms with Crippen LogP contribution in [0, 0.1) is 13.8 Å². The highest BCUT2D eigenvalue weighted by atomic mass is 16.5. The Kier molecular flexibility index (Phi) is 6.82. The van der Waals surface area contributed by atoms with Gasteiger partial charge in [0.2, 0.25) is 0 Å². The monoisotopic (exact) mass is 407 g/mol. The molecule has 0 radical (unpaired) electrons. The number of aryl methyl sites for hydroxylation is 2. The second kappa shape index (κ2) is 9.73. The SMILES string of the molecule is Cc1ccc(CN2CCOC(CN3CCN(C(=O)c4ccc(C)cc4)CC3)C2)cc1. The molecule has 2 aromatic carbocycles. The first kappa shape index (κ1) is 21.0. The summed E-state index contributed by atoms with van der Waals surface area (Å²) in [6, 6.07) is 16.7. The molecule has 2 heterocycles. The molecule has 30 heavy (non-hydrogen) atoms. The second-order valence-electron chi connectivity index (χ2n) is 8.67. The van der Waals surface area contributed by atoms with Gasteiger partial charge in [0.1, 0.15) is 0 Å². The first-order valence-corrected chi connectivity index (χ1v) is 11.0. The Labute approximate surface area is 180 Å². The summed E-state index contributed by atoms with van der Waals surface area (Å²) in [6.07, 6.45) is 0.239. The van der Waals surface area contributed by atoms with E-state index in [1.807, 2.05) is 36.1 Å². The van der Waals surface area contributed by atoms with Crippen LogP contribution in [0.2, 0.25) is 0 Å². The molecule has 0 spiro atoms. The highest BCUT2D eigenvalue weighted by molar-refractivity contribution is 5.94. The summed E-state index contributed by atoms with van der Waals surface area (Å²) in [7, 11) is 0. The molecule has 0 aliphatic carbocycles. The van der Waals surface area contributed by atoms with Gasteiger partial charge in [-0.2, -0.15) is 0 Å². The van der Waals surface area contributed by atoms with Crippen LogP contribution in [0.5, 0.6) is 0 Å². The van der Waals surface area contributed by atoms with Gasteiger partial charge >= 0.3 is 0 Å². The van der Waals surface area contributed by atoms with Crippen LogP contribution in [0.3, 0.4) is 0 Å². The number of nitrogens with zero attached hydrogens (tertiary/aromatic N) is 3. The highest BCUT2D eigenvalue weighted by Gasteiger charge is 2.26. The van der Waals surface area contributed by atoms with Gasteiger partial charge in [-0.05, 0) is 31.5 Å². The Bertz CT molecular complexity index is 826. The third kappa shape index (κ3) is 5.48. The molecule has 0 bridgehead atoms. The molecule has 1 atom stereocenters. The molecule has 5 nitrogen and oxygen atoms in total. The van der Waals surface area contributed by atoms with E-state index in [9.17, 15) is 4.79 Å². The van der Waals surface area contributed by atoms with Crippen LogP contribution in [-0.4, -0.2) is 79.1 Å². The molecule has 1 unspecified atom stereocenters. The Morgan fingerprint density at radius 1 is 0.867 bits per heavy atom. The molecule has 0 saturated carbocycles. The molecule has 5 heteroatoms. The lowest BCUT2D eigenvalue weighted by molar-refractivity contribution is -0.0497. The van der Waals surface area contributed by atoms with Crippen molar-refractivity contribution in [3.8, 4) is 0 Å². The zero-order valence-corrected chi connectivity index (χ0v) is 18.2. The average Bonchev–Trinajstić information content (AvgIpc) is 2.76. The molecule has 4 rings (SSSR count). The highest BCUT2D eigenvalue weighted by Crippen LogP contribution is 2.15. The zero-order valence-electron chi connectivity index (χ0n) is 18.2. The van der Waals surface area contributed by atoms with Gasteiger partial charge in [-0.1, -0.05) is 47.5 Å². The van der Waals surface area contributed by atoms with Crippen molar-refractivity contribution in [3.63, 3.8) is 0 Å². The van der Waals surface area contributed by atoms with Crippen molar-refractivity contribution in [2.45, 2.75) is 26.5 Å². The number of piperazine rings is 1. The van der Waals surface area contributed by atoms with Crippen LogP contribution in [0.15, 0.2) is 48.5 Å². The van der Waals surface area contributed by atoms with Crippen molar-refractivity contribution in [1.82, 2.24) is 14.7 Å². The lowest BCUT2D eigenvalue weighted by Crippen LogP contribution is -2.53. The zero-order chi connectivity index (χ0) is 20.9. The molecule has 0 N–H and O–H groups in total. The molecule has 2 fully saturated rings. The number of carbonyl (C=O) groups excluding carboxylic acids is 1. The van der Waals surface area contributed by atoms with Crippen molar-refractivity contribution in [2.24, 2.45) is 0 Å². The van der Waals surface area contributed by atoms with Crippen LogP contribution in [0.1, 0.15) is 27.0 Å². The summed E-state index contributed by atoms with van der Waals surface area (Å²) in [5.41, 5.74) is 4.64. The smallest absolute Gasteiger partial charge is 0.253 e. The normalized spacial score (nSPS) is 21.0. The van der Waals surface area contributed by atoms with Crippen LogP contribution in [-0.2, 0) is 11.3 Å². The predicted octanol–water partition coefficient (Wildman–Crippen LogP) is 2.96. The summed E-state index contributed by atoms with van der Waals surface area (Å²) in [6.45, 7) is 12.2. The first-order valence-electron chi connectivity index (χ1n) is 11.0. The van der Waals surface area contributed by atoms with E-state index in [2.05, 4.69) is 41.0 Å².